The lowest BCUT2D eigenvalue weighted by atomic mass is 10.1. The van der Waals surface area contributed by atoms with E-state index in [1.807, 2.05) is 38.1 Å². The number of anilines is 1. The molecule has 2 aromatic carbocycles. The van der Waals surface area contributed by atoms with Crippen molar-refractivity contribution in [2.75, 3.05) is 11.9 Å². The number of benzene rings is 2. The first kappa shape index (κ1) is 18.2. The molecule has 0 fully saturated rings. The Morgan fingerprint density at radius 1 is 1.16 bits per heavy atom. The standard InChI is InChI=1S/C18H18N4O2S/c1-12-3-4-13(2)16(9-12)20-18(25)22-21-17(23)11-24-15-7-5-14(10-19)6-8-15/h3-9H,11H2,1-2H3,(H,21,23)(H2,20,22,25). The Bertz CT molecular complexity index is 813. The van der Waals surface area contributed by atoms with Crippen LogP contribution in [0.2, 0.25) is 0 Å². The minimum atomic E-state index is -0.380. The number of carbonyl (C=O) groups excluding carboxylic acids is 1. The topological polar surface area (TPSA) is 86.2 Å². The SMILES string of the molecule is Cc1ccc(C)c(NC(=S)NNC(=O)COc2ccc(C#N)cc2)c1. The Morgan fingerprint density at radius 3 is 2.56 bits per heavy atom. The van der Waals surface area contributed by atoms with Crippen molar-refractivity contribution in [2.24, 2.45) is 0 Å². The van der Waals surface area contributed by atoms with Crippen LogP contribution < -0.4 is 20.9 Å². The van der Waals surface area contributed by atoms with Crippen molar-refractivity contribution in [3.63, 3.8) is 0 Å². The van der Waals surface area contributed by atoms with E-state index in [-0.39, 0.29) is 17.6 Å². The summed E-state index contributed by atoms with van der Waals surface area (Å²) in [6, 6.07) is 14.5. The van der Waals surface area contributed by atoms with E-state index in [1.165, 1.54) is 0 Å². The van der Waals surface area contributed by atoms with E-state index in [0.717, 1.165) is 16.8 Å². The summed E-state index contributed by atoms with van der Waals surface area (Å²) >= 11 is 5.15. The monoisotopic (exact) mass is 354 g/mol. The van der Waals surface area contributed by atoms with Gasteiger partial charge in [-0.2, -0.15) is 5.26 Å². The van der Waals surface area contributed by atoms with Crippen LogP contribution in [-0.2, 0) is 4.79 Å². The minimum Gasteiger partial charge on any atom is -0.484 e. The van der Waals surface area contributed by atoms with Crippen LogP contribution in [0.15, 0.2) is 42.5 Å². The molecule has 2 aromatic rings. The molecule has 0 saturated heterocycles. The number of nitrogens with one attached hydrogen (secondary N) is 3. The second-order valence-electron chi connectivity index (χ2n) is 5.37. The van der Waals surface area contributed by atoms with Gasteiger partial charge in [-0.1, -0.05) is 12.1 Å². The molecule has 0 saturated carbocycles. The van der Waals surface area contributed by atoms with E-state index in [1.54, 1.807) is 24.3 Å². The lowest BCUT2D eigenvalue weighted by Gasteiger charge is -2.14. The maximum absolute atomic E-state index is 11.8. The maximum Gasteiger partial charge on any atom is 0.276 e. The minimum absolute atomic E-state index is 0.176. The second kappa shape index (κ2) is 8.66. The van der Waals surface area contributed by atoms with Crippen molar-refractivity contribution in [1.29, 1.82) is 5.26 Å². The molecule has 0 radical (unpaired) electrons. The molecule has 7 heteroatoms. The molecule has 0 aromatic heterocycles. The number of hydrogen-bond donors (Lipinski definition) is 3. The van der Waals surface area contributed by atoms with Crippen molar-refractivity contribution in [3.8, 4) is 11.8 Å². The highest BCUT2D eigenvalue weighted by Crippen LogP contribution is 2.16. The van der Waals surface area contributed by atoms with Crippen LogP contribution in [0, 0.1) is 25.2 Å². The molecule has 0 atom stereocenters. The summed E-state index contributed by atoms with van der Waals surface area (Å²) in [5.74, 6) is 0.125. The van der Waals surface area contributed by atoms with Gasteiger partial charge in [0.25, 0.3) is 5.91 Å². The number of rotatable bonds is 4. The number of ether oxygens (including phenoxy) is 1. The summed E-state index contributed by atoms with van der Waals surface area (Å²) in [4.78, 5) is 11.8. The van der Waals surface area contributed by atoms with E-state index in [0.29, 0.717) is 11.3 Å². The summed E-state index contributed by atoms with van der Waals surface area (Å²) in [6.07, 6.45) is 0. The highest BCUT2D eigenvalue weighted by atomic mass is 32.1. The van der Waals surface area contributed by atoms with E-state index in [4.69, 9.17) is 22.2 Å². The molecule has 1 amide bonds. The molecule has 128 valence electrons. The highest BCUT2D eigenvalue weighted by Gasteiger charge is 2.05. The van der Waals surface area contributed by atoms with Crippen LogP contribution in [0.3, 0.4) is 0 Å². The Morgan fingerprint density at radius 2 is 1.88 bits per heavy atom. The zero-order valence-electron chi connectivity index (χ0n) is 13.9. The van der Waals surface area contributed by atoms with Crippen LogP contribution in [0.1, 0.15) is 16.7 Å². The first-order valence-corrected chi connectivity index (χ1v) is 7.95. The Balaban J connectivity index is 1.76. The van der Waals surface area contributed by atoms with Crippen molar-refractivity contribution in [2.45, 2.75) is 13.8 Å². The van der Waals surface area contributed by atoms with Gasteiger partial charge in [-0.15, -0.1) is 0 Å². The fourth-order valence-electron chi connectivity index (χ4n) is 1.96. The van der Waals surface area contributed by atoms with Crippen molar-refractivity contribution in [3.05, 3.63) is 59.2 Å². The smallest absolute Gasteiger partial charge is 0.276 e. The summed E-state index contributed by atoms with van der Waals surface area (Å²) in [6.45, 7) is 3.78. The van der Waals surface area contributed by atoms with E-state index in [9.17, 15) is 4.79 Å². The molecule has 0 unspecified atom stereocenters. The predicted octanol–water partition coefficient (Wildman–Crippen LogP) is 2.57. The molecule has 6 nitrogen and oxygen atoms in total. The molecular formula is C18H18N4O2S. The predicted molar refractivity (Wildman–Crippen MR) is 100 cm³/mol. The van der Waals surface area contributed by atoms with E-state index >= 15 is 0 Å². The van der Waals surface area contributed by atoms with Gasteiger partial charge in [0.05, 0.1) is 11.6 Å². The lowest BCUT2D eigenvalue weighted by molar-refractivity contribution is -0.123. The number of carbonyl (C=O) groups is 1. The molecular weight excluding hydrogens is 336 g/mol. The molecule has 0 aliphatic heterocycles. The van der Waals surface area contributed by atoms with Crippen LogP contribution in [0.4, 0.5) is 5.69 Å². The van der Waals surface area contributed by atoms with Gasteiger partial charge in [-0.3, -0.25) is 15.6 Å². The normalized spacial score (nSPS) is 9.64. The molecule has 0 aliphatic rings. The quantitative estimate of drug-likeness (QED) is 0.578. The van der Waals surface area contributed by atoms with Gasteiger partial charge < -0.3 is 10.1 Å². The number of nitriles is 1. The van der Waals surface area contributed by atoms with Crippen molar-refractivity contribution < 1.29 is 9.53 Å². The third kappa shape index (κ3) is 5.79. The fourth-order valence-corrected chi connectivity index (χ4v) is 2.12. The zero-order chi connectivity index (χ0) is 18.2. The van der Waals surface area contributed by atoms with Crippen LogP contribution in [0.25, 0.3) is 0 Å². The van der Waals surface area contributed by atoms with Crippen LogP contribution >= 0.6 is 12.2 Å². The average Bonchev–Trinajstić information content (AvgIpc) is 2.61. The van der Waals surface area contributed by atoms with Gasteiger partial charge in [0.2, 0.25) is 0 Å². The first-order valence-electron chi connectivity index (χ1n) is 7.54. The molecule has 0 bridgehead atoms. The Labute approximate surface area is 151 Å². The zero-order valence-corrected chi connectivity index (χ0v) is 14.7. The Kier molecular flexibility index (Phi) is 6.32. The molecule has 0 heterocycles. The summed E-state index contributed by atoms with van der Waals surface area (Å²) in [5.41, 5.74) is 8.65. The van der Waals surface area contributed by atoms with Crippen molar-refractivity contribution >= 4 is 28.9 Å². The largest absolute Gasteiger partial charge is 0.484 e. The summed E-state index contributed by atoms with van der Waals surface area (Å²) in [7, 11) is 0. The number of hydrazine groups is 1. The molecule has 0 spiro atoms. The molecule has 25 heavy (non-hydrogen) atoms. The maximum atomic E-state index is 11.8. The highest BCUT2D eigenvalue weighted by molar-refractivity contribution is 7.80. The summed E-state index contributed by atoms with van der Waals surface area (Å²) in [5, 5.41) is 12.0. The number of aryl methyl sites for hydroxylation is 2. The fraction of sp³-hybridized carbons (Fsp3) is 0.167. The van der Waals surface area contributed by atoms with Gasteiger partial charge in [0, 0.05) is 5.69 Å². The average molecular weight is 354 g/mol. The number of hydrogen-bond acceptors (Lipinski definition) is 4. The number of amides is 1. The van der Waals surface area contributed by atoms with E-state index < -0.39 is 0 Å². The molecule has 2 rings (SSSR count). The van der Waals surface area contributed by atoms with E-state index in [2.05, 4.69) is 16.2 Å². The summed E-state index contributed by atoms with van der Waals surface area (Å²) < 4.78 is 5.33. The van der Waals surface area contributed by atoms with Gasteiger partial charge in [0.15, 0.2) is 11.7 Å². The van der Waals surface area contributed by atoms with Crippen LogP contribution in [-0.4, -0.2) is 17.6 Å². The lowest BCUT2D eigenvalue weighted by Crippen LogP contribution is -2.45. The van der Waals surface area contributed by atoms with Crippen LogP contribution in [0.5, 0.6) is 5.75 Å². The molecule has 3 N–H and O–H groups in total. The van der Waals surface area contributed by atoms with Gasteiger partial charge in [-0.05, 0) is 67.5 Å². The number of thiocarbonyl (C=S) groups is 1. The third-order valence-corrected chi connectivity index (χ3v) is 3.51. The molecule has 0 aliphatic carbocycles. The van der Waals surface area contributed by atoms with Gasteiger partial charge in [-0.25, -0.2) is 0 Å². The van der Waals surface area contributed by atoms with Gasteiger partial charge in [0.1, 0.15) is 5.75 Å². The Hall–Kier alpha value is -3.11. The third-order valence-electron chi connectivity index (χ3n) is 3.31. The van der Waals surface area contributed by atoms with Gasteiger partial charge >= 0.3 is 0 Å². The van der Waals surface area contributed by atoms with Crippen molar-refractivity contribution in [1.82, 2.24) is 10.9 Å². The number of nitrogens with zero attached hydrogens (tertiary/aromatic N) is 1. The first-order chi connectivity index (χ1) is 12.0. The second-order valence-corrected chi connectivity index (χ2v) is 5.78.